The van der Waals surface area contributed by atoms with Gasteiger partial charge in [-0.15, -0.1) is 0 Å². The van der Waals surface area contributed by atoms with E-state index in [2.05, 4.69) is 4.74 Å². The molecule has 0 fully saturated rings. The van der Waals surface area contributed by atoms with E-state index in [0.29, 0.717) is 0 Å². The second-order valence-electron chi connectivity index (χ2n) is 3.31. The fourth-order valence-corrected chi connectivity index (χ4v) is 2.40. The molecular formula is C11H13NO6S. The lowest BCUT2D eigenvalue weighted by Crippen LogP contribution is -2.31. The first-order valence-corrected chi connectivity index (χ1v) is 6.77. The van der Waals surface area contributed by atoms with E-state index < -0.39 is 22.1 Å². The zero-order valence-corrected chi connectivity index (χ0v) is 11.2. The predicted molar refractivity (Wildman–Crippen MR) is 65.1 cm³/mol. The van der Waals surface area contributed by atoms with Crippen LogP contribution in [0.1, 0.15) is 17.3 Å². The average molecular weight is 287 g/mol. The Kier molecular flexibility index (Phi) is 4.87. The molecule has 0 aliphatic carbocycles. The van der Waals surface area contributed by atoms with Gasteiger partial charge in [-0.25, -0.2) is 22.7 Å². The van der Waals surface area contributed by atoms with Gasteiger partial charge in [-0.2, -0.15) is 0 Å². The molecule has 0 aliphatic heterocycles. The molecule has 0 saturated carbocycles. The molecule has 0 aliphatic rings. The number of rotatable bonds is 4. The van der Waals surface area contributed by atoms with E-state index in [-0.39, 0.29) is 17.1 Å². The Balaban J connectivity index is 3.20. The maximum absolute atomic E-state index is 11.9. The minimum absolute atomic E-state index is 0.109. The zero-order valence-electron chi connectivity index (χ0n) is 10.4. The molecule has 1 aromatic rings. The third-order valence-corrected chi connectivity index (χ3v) is 3.45. The highest BCUT2D eigenvalue weighted by atomic mass is 32.2. The Morgan fingerprint density at radius 3 is 2.47 bits per heavy atom. The molecule has 1 rings (SSSR count). The number of carbonyl (C=O) groups is 2. The molecule has 0 bridgehead atoms. The van der Waals surface area contributed by atoms with Crippen LogP contribution in [-0.4, -0.2) is 34.2 Å². The summed E-state index contributed by atoms with van der Waals surface area (Å²) in [7, 11) is -3.16. The standard InChI is InChI=1S/C11H13NO6S/c1-3-18-10(13)8-6-4-5-7-9(8)19(15,16)12-11(14)17-2/h4-7H,3H2,1-2H3,(H,12,14). The molecule has 104 valence electrons. The number of carbonyl (C=O) groups excluding carboxylic acids is 2. The largest absolute Gasteiger partial charge is 0.462 e. The SMILES string of the molecule is CCOC(=O)c1ccccc1S(=O)(=O)NC(=O)OC. The highest BCUT2D eigenvalue weighted by Crippen LogP contribution is 2.16. The van der Waals surface area contributed by atoms with Gasteiger partial charge in [-0.1, -0.05) is 12.1 Å². The van der Waals surface area contributed by atoms with Crippen LogP contribution in [0.3, 0.4) is 0 Å². The van der Waals surface area contributed by atoms with Gasteiger partial charge < -0.3 is 9.47 Å². The number of sulfonamides is 1. The lowest BCUT2D eigenvalue weighted by molar-refractivity contribution is 0.0521. The predicted octanol–water partition coefficient (Wildman–Crippen LogP) is 0.908. The molecule has 0 heterocycles. The number of esters is 1. The van der Waals surface area contributed by atoms with E-state index in [0.717, 1.165) is 7.11 Å². The van der Waals surface area contributed by atoms with E-state index in [1.165, 1.54) is 24.3 Å². The van der Waals surface area contributed by atoms with Crippen molar-refractivity contribution in [3.8, 4) is 0 Å². The summed E-state index contributed by atoms with van der Waals surface area (Å²) in [5.74, 6) is -0.784. The molecule has 0 spiro atoms. The number of methoxy groups -OCH3 is 1. The van der Waals surface area contributed by atoms with Crippen molar-refractivity contribution in [2.45, 2.75) is 11.8 Å². The minimum atomic E-state index is -4.19. The van der Waals surface area contributed by atoms with Crippen LogP contribution in [0.2, 0.25) is 0 Å². The van der Waals surface area contributed by atoms with Crippen LogP contribution in [0.25, 0.3) is 0 Å². The summed E-state index contributed by atoms with van der Waals surface area (Å²) < 4.78 is 34.4. The molecule has 19 heavy (non-hydrogen) atoms. The first kappa shape index (κ1) is 15.0. The Morgan fingerprint density at radius 2 is 1.89 bits per heavy atom. The molecule has 1 N–H and O–H groups in total. The molecule has 1 amide bonds. The van der Waals surface area contributed by atoms with E-state index in [1.807, 2.05) is 0 Å². The minimum Gasteiger partial charge on any atom is -0.462 e. The number of nitrogens with one attached hydrogen (secondary N) is 1. The first-order valence-electron chi connectivity index (χ1n) is 5.29. The summed E-state index contributed by atoms with van der Waals surface area (Å²) >= 11 is 0. The summed E-state index contributed by atoms with van der Waals surface area (Å²) in [6.45, 7) is 1.71. The molecule has 1 aromatic carbocycles. The van der Waals surface area contributed by atoms with Gasteiger partial charge in [0, 0.05) is 0 Å². The molecule has 0 aromatic heterocycles. The average Bonchev–Trinajstić information content (AvgIpc) is 2.38. The van der Waals surface area contributed by atoms with Crippen molar-refractivity contribution in [2.24, 2.45) is 0 Å². The monoisotopic (exact) mass is 287 g/mol. The maximum atomic E-state index is 11.9. The maximum Gasteiger partial charge on any atom is 0.420 e. The summed E-state index contributed by atoms with van der Waals surface area (Å²) in [5.41, 5.74) is -0.152. The van der Waals surface area contributed by atoms with Gasteiger partial charge in [-0.05, 0) is 19.1 Å². The Morgan fingerprint density at radius 1 is 1.26 bits per heavy atom. The van der Waals surface area contributed by atoms with Crippen LogP contribution in [0.4, 0.5) is 4.79 Å². The molecule has 0 saturated heterocycles. The quantitative estimate of drug-likeness (QED) is 0.826. The van der Waals surface area contributed by atoms with Crippen LogP contribution in [-0.2, 0) is 19.5 Å². The molecule has 0 atom stereocenters. The van der Waals surface area contributed by atoms with Crippen molar-refractivity contribution in [1.82, 2.24) is 4.72 Å². The van der Waals surface area contributed by atoms with Crippen LogP contribution in [0, 0.1) is 0 Å². The van der Waals surface area contributed by atoms with Gasteiger partial charge in [0.25, 0.3) is 10.0 Å². The fraction of sp³-hybridized carbons (Fsp3) is 0.273. The second-order valence-corrected chi connectivity index (χ2v) is 4.96. The normalized spacial score (nSPS) is 10.6. The van der Waals surface area contributed by atoms with Gasteiger partial charge >= 0.3 is 12.1 Å². The summed E-state index contributed by atoms with van der Waals surface area (Å²) in [4.78, 5) is 22.3. The van der Waals surface area contributed by atoms with Crippen molar-refractivity contribution in [2.75, 3.05) is 13.7 Å². The van der Waals surface area contributed by atoms with Gasteiger partial charge in [0.2, 0.25) is 0 Å². The van der Waals surface area contributed by atoms with Crippen LogP contribution < -0.4 is 4.72 Å². The molecule has 7 nitrogen and oxygen atoms in total. The second kappa shape index (κ2) is 6.19. The summed E-state index contributed by atoms with van der Waals surface area (Å²) in [6.07, 6.45) is -1.14. The van der Waals surface area contributed by atoms with Gasteiger partial charge in [-0.3, -0.25) is 0 Å². The van der Waals surface area contributed by atoms with Gasteiger partial charge in [0.1, 0.15) is 4.90 Å². The Labute approximate surface area is 110 Å². The Hall–Kier alpha value is -2.09. The van der Waals surface area contributed by atoms with E-state index in [1.54, 1.807) is 11.6 Å². The van der Waals surface area contributed by atoms with Gasteiger partial charge in [0.15, 0.2) is 0 Å². The number of hydrogen-bond acceptors (Lipinski definition) is 6. The number of amides is 1. The summed E-state index contributed by atoms with van der Waals surface area (Å²) in [5, 5.41) is 0. The van der Waals surface area contributed by atoms with E-state index in [9.17, 15) is 18.0 Å². The lowest BCUT2D eigenvalue weighted by atomic mass is 10.2. The highest BCUT2D eigenvalue weighted by Gasteiger charge is 2.24. The molecular weight excluding hydrogens is 274 g/mol. The third-order valence-electron chi connectivity index (χ3n) is 2.08. The Bertz CT molecular complexity index is 581. The van der Waals surface area contributed by atoms with E-state index in [4.69, 9.17) is 4.74 Å². The molecule has 0 unspecified atom stereocenters. The highest BCUT2D eigenvalue weighted by molar-refractivity contribution is 7.90. The topological polar surface area (TPSA) is 98.8 Å². The molecule has 8 heteroatoms. The van der Waals surface area contributed by atoms with Crippen molar-refractivity contribution in [1.29, 1.82) is 0 Å². The fourth-order valence-electron chi connectivity index (χ4n) is 1.28. The third kappa shape index (κ3) is 3.68. The first-order chi connectivity index (χ1) is 8.92. The summed E-state index contributed by atoms with van der Waals surface area (Å²) in [6, 6.07) is 5.40. The lowest BCUT2D eigenvalue weighted by Gasteiger charge is -2.09. The van der Waals surface area contributed by atoms with Crippen LogP contribution in [0.15, 0.2) is 29.2 Å². The van der Waals surface area contributed by atoms with Crippen LogP contribution in [0.5, 0.6) is 0 Å². The van der Waals surface area contributed by atoms with E-state index >= 15 is 0 Å². The van der Waals surface area contributed by atoms with Crippen molar-refractivity contribution in [3.63, 3.8) is 0 Å². The molecule has 0 radical (unpaired) electrons. The van der Waals surface area contributed by atoms with Gasteiger partial charge in [0.05, 0.1) is 19.3 Å². The number of ether oxygens (including phenoxy) is 2. The van der Waals surface area contributed by atoms with Crippen molar-refractivity contribution in [3.05, 3.63) is 29.8 Å². The van der Waals surface area contributed by atoms with Crippen molar-refractivity contribution < 1.29 is 27.5 Å². The number of hydrogen-bond donors (Lipinski definition) is 1. The number of benzene rings is 1. The smallest absolute Gasteiger partial charge is 0.420 e. The van der Waals surface area contributed by atoms with Crippen molar-refractivity contribution >= 4 is 22.1 Å². The zero-order chi connectivity index (χ0) is 14.5. The van der Waals surface area contributed by atoms with Crippen LogP contribution >= 0.6 is 0 Å².